The van der Waals surface area contributed by atoms with Gasteiger partial charge in [-0.1, -0.05) is 11.8 Å². The van der Waals surface area contributed by atoms with Crippen LogP contribution in [0, 0.1) is 48.7 Å². The Balaban J connectivity index is 3.62. The smallest absolute Gasteiger partial charge is 0.319 e. The second-order valence-corrected chi connectivity index (χ2v) is 4.12. The van der Waals surface area contributed by atoms with Crippen LogP contribution in [0.15, 0.2) is 0 Å². The van der Waals surface area contributed by atoms with E-state index in [1.807, 2.05) is 0 Å². The van der Waals surface area contributed by atoms with Gasteiger partial charge in [0.05, 0.1) is 0 Å². The first-order valence-corrected chi connectivity index (χ1v) is 6.92. The third-order valence-corrected chi connectivity index (χ3v) is 2.27. The number of hydrogen-bond donors (Lipinski definition) is 0. The van der Waals surface area contributed by atoms with Crippen molar-refractivity contribution in [3.05, 3.63) is 0 Å². The molecule has 0 aliphatic carbocycles. The largest absolute Gasteiger partial charge is 0.372 e. The van der Waals surface area contributed by atoms with Crippen molar-refractivity contribution in [1.29, 1.82) is 0 Å². The molecule has 0 fully saturated rings. The molecule has 0 aliphatic heterocycles. The van der Waals surface area contributed by atoms with Crippen molar-refractivity contribution in [2.24, 2.45) is 0 Å². The van der Waals surface area contributed by atoms with Crippen molar-refractivity contribution in [2.75, 3.05) is 0 Å². The normalized spacial score (nSPS) is 8.09. The highest BCUT2D eigenvalue weighted by Gasteiger charge is 2.04. The first-order valence-electron chi connectivity index (χ1n) is 6.92. The minimum absolute atomic E-state index is 0.199. The zero-order chi connectivity index (χ0) is 16.5. The van der Waals surface area contributed by atoms with E-state index in [1.165, 1.54) is 0 Å². The van der Waals surface area contributed by atoms with Gasteiger partial charge in [-0.25, -0.2) is 0 Å². The second-order valence-electron chi connectivity index (χ2n) is 4.12. The summed E-state index contributed by atoms with van der Waals surface area (Å²) in [6.07, 6.45) is 18.2. The SMILES string of the molecule is C#CCCC#COC(=O)CCCCC(=O)OC#CCCC#C. The number of carbonyl (C=O) groups excluding carboxylic acids is 2. The third-order valence-electron chi connectivity index (χ3n) is 2.27. The number of ether oxygens (including phenoxy) is 2. The Hall–Kier alpha value is -2.82. The second kappa shape index (κ2) is 14.6. The molecular formula is C18H18O4. The predicted molar refractivity (Wildman–Crippen MR) is 82.3 cm³/mol. The highest BCUT2D eigenvalue weighted by Crippen LogP contribution is 2.02. The number of hydrogen-bond acceptors (Lipinski definition) is 4. The van der Waals surface area contributed by atoms with E-state index < -0.39 is 11.9 Å². The molecule has 0 rings (SSSR count). The zero-order valence-electron chi connectivity index (χ0n) is 12.4. The van der Waals surface area contributed by atoms with E-state index in [0.29, 0.717) is 38.5 Å². The van der Waals surface area contributed by atoms with Gasteiger partial charge in [-0.3, -0.25) is 9.59 Å². The average Bonchev–Trinajstić information content (AvgIpc) is 2.51. The van der Waals surface area contributed by atoms with Gasteiger partial charge in [0.25, 0.3) is 0 Å². The summed E-state index contributed by atoms with van der Waals surface area (Å²) in [5, 5.41) is 0. The van der Waals surface area contributed by atoms with Crippen molar-refractivity contribution in [1.82, 2.24) is 0 Å². The molecule has 0 unspecified atom stereocenters. The Bertz CT molecular complexity index is 500. The van der Waals surface area contributed by atoms with E-state index in [9.17, 15) is 9.59 Å². The molecule has 0 heterocycles. The number of esters is 2. The Morgan fingerprint density at radius 1 is 0.727 bits per heavy atom. The summed E-state index contributed by atoms with van der Waals surface area (Å²) in [7, 11) is 0. The topological polar surface area (TPSA) is 52.6 Å². The van der Waals surface area contributed by atoms with Crippen molar-refractivity contribution in [3.8, 4) is 48.7 Å². The summed E-state index contributed by atoms with van der Waals surface area (Å²) in [5.41, 5.74) is 0. The molecule has 0 saturated heterocycles. The van der Waals surface area contributed by atoms with Crippen LogP contribution in [0.3, 0.4) is 0 Å². The molecule has 22 heavy (non-hydrogen) atoms. The Kier molecular flexibility index (Phi) is 12.7. The molecule has 0 aromatic carbocycles. The summed E-state index contributed by atoms with van der Waals surface area (Å²) in [4.78, 5) is 22.5. The van der Waals surface area contributed by atoms with Crippen molar-refractivity contribution in [3.63, 3.8) is 0 Å². The molecule has 0 bridgehead atoms. The van der Waals surface area contributed by atoms with E-state index in [-0.39, 0.29) is 12.8 Å². The lowest BCUT2D eigenvalue weighted by atomic mass is 10.2. The van der Waals surface area contributed by atoms with Gasteiger partial charge in [-0.2, -0.15) is 0 Å². The molecular weight excluding hydrogens is 280 g/mol. The molecule has 4 nitrogen and oxygen atoms in total. The molecule has 0 aliphatic rings. The van der Waals surface area contributed by atoms with Crippen LogP contribution in [0.2, 0.25) is 0 Å². The molecule has 114 valence electrons. The molecule has 0 spiro atoms. The van der Waals surface area contributed by atoms with E-state index >= 15 is 0 Å². The van der Waals surface area contributed by atoms with E-state index in [1.54, 1.807) is 0 Å². The molecule has 0 radical (unpaired) electrons. The summed E-state index contributed by atoms with van der Waals surface area (Å²) in [6, 6.07) is 0. The highest BCUT2D eigenvalue weighted by atomic mass is 16.5. The van der Waals surface area contributed by atoms with Gasteiger partial charge in [0, 0.05) is 38.5 Å². The molecule has 0 atom stereocenters. The van der Waals surface area contributed by atoms with Crippen LogP contribution in [-0.4, -0.2) is 11.9 Å². The Morgan fingerprint density at radius 2 is 1.14 bits per heavy atom. The molecule has 0 N–H and O–H groups in total. The summed E-state index contributed by atoms with van der Waals surface area (Å²) in [5.74, 6) is 9.27. The maximum Gasteiger partial charge on any atom is 0.319 e. The first-order chi connectivity index (χ1) is 10.7. The lowest BCUT2D eigenvalue weighted by Gasteiger charge is -1.97. The number of carbonyl (C=O) groups is 2. The van der Waals surface area contributed by atoms with Crippen molar-refractivity contribution < 1.29 is 19.1 Å². The lowest BCUT2D eigenvalue weighted by molar-refractivity contribution is -0.139. The number of terminal acetylenes is 2. The summed E-state index contributed by atoms with van der Waals surface area (Å²) in [6.45, 7) is 0. The van der Waals surface area contributed by atoms with Gasteiger partial charge >= 0.3 is 11.9 Å². The maximum absolute atomic E-state index is 11.3. The zero-order valence-corrected chi connectivity index (χ0v) is 12.4. The van der Waals surface area contributed by atoms with Crippen LogP contribution in [-0.2, 0) is 19.1 Å². The van der Waals surface area contributed by atoms with Gasteiger partial charge in [-0.15, -0.1) is 24.7 Å². The van der Waals surface area contributed by atoms with Gasteiger partial charge in [0.2, 0.25) is 0 Å². The molecule has 0 saturated carbocycles. The van der Waals surface area contributed by atoms with Crippen LogP contribution in [0.25, 0.3) is 0 Å². The highest BCUT2D eigenvalue weighted by molar-refractivity contribution is 5.71. The van der Waals surface area contributed by atoms with Gasteiger partial charge < -0.3 is 9.47 Å². The van der Waals surface area contributed by atoms with E-state index in [2.05, 4.69) is 45.4 Å². The van der Waals surface area contributed by atoms with Crippen LogP contribution in [0.4, 0.5) is 0 Å². The minimum atomic E-state index is -0.421. The van der Waals surface area contributed by atoms with Crippen LogP contribution < -0.4 is 0 Å². The van der Waals surface area contributed by atoms with Crippen molar-refractivity contribution >= 4 is 11.9 Å². The van der Waals surface area contributed by atoms with Crippen LogP contribution >= 0.6 is 0 Å². The number of rotatable bonds is 7. The van der Waals surface area contributed by atoms with Crippen LogP contribution in [0.1, 0.15) is 51.4 Å². The molecule has 0 aromatic rings. The summed E-state index contributed by atoms with van der Waals surface area (Å²) < 4.78 is 9.35. The van der Waals surface area contributed by atoms with Crippen LogP contribution in [0.5, 0.6) is 0 Å². The monoisotopic (exact) mass is 298 g/mol. The molecule has 0 amide bonds. The third kappa shape index (κ3) is 13.6. The Morgan fingerprint density at radius 3 is 1.50 bits per heavy atom. The van der Waals surface area contributed by atoms with Gasteiger partial charge in [0.1, 0.15) is 12.2 Å². The van der Waals surface area contributed by atoms with E-state index in [0.717, 1.165) is 0 Å². The number of unbranched alkanes of at least 4 members (excludes halogenated alkanes) is 3. The molecule has 4 heteroatoms. The fourth-order valence-electron chi connectivity index (χ4n) is 1.20. The van der Waals surface area contributed by atoms with Gasteiger partial charge in [0.15, 0.2) is 0 Å². The van der Waals surface area contributed by atoms with Gasteiger partial charge in [-0.05, 0) is 12.8 Å². The minimum Gasteiger partial charge on any atom is -0.372 e. The fraction of sp³-hybridized carbons (Fsp3) is 0.444. The predicted octanol–water partition coefficient (Wildman–Crippen LogP) is 2.38. The fourth-order valence-corrected chi connectivity index (χ4v) is 1.20. The molecule has 0 aromatic heterocycles. The lowest BCUT2D eigenvalue weighted by Crippen LogP contribution is -2.02. The summed E-state index contributed by atoms with van der Waals surface area (Å²) >= 11 is 0. The first kappa shape index (κ1) is 19.2. The maximum atomic E-state index is 11.3. The Labute approximate surface area is 131 Å². The quantitative estimate of drug-likeness (QED) is 0.411. The average molecular weight is 298 g/mol. The van der Waals surface area contributed by atoms with E-state index in [4.69, 9.17) is 12.8 Å². The standard InChI is InChI=1S/C18H18O4/c1-3-5-7-11-15-21-17(19)13-9-10-14-18(20)22-16-12-8-6-4-2/h1-2H,5-10,13-14H2. The van der Waals surface area contributed by atoms with Crippen molar-refractivity contribution in [2.45, 2.75) is 51.4 Å².